The second-order valence-corrected chi connectivity index (χ2v) is 5.40. The van der Waals surface area contributed by atoms with Crippen molar-refractivity contribution in [3.63, 3.8) is 0 Å². The average molecular weight is 276 g/mol. The Morgan fingerprint density at radius 1 is 1.39 bits per heavy atom. The molecule has 0 aromatic carbocycles. The summed E-state index contributed by atoms with van der Waals surface area (Å²) < 4.78 is 0. The molecule has 0 radical (unpaired) electrons. The van der Waals surface area contributed by atoms with E-state index in [4.69, 9.17) is 5.11 Å². The number of nitrogens with one attached hydrogen (secondary N) is 1. The number of carbonyl (C=O) groups excluding carboxylic acids is 1. The van der Waals surface area contributed by atoms with Crippen LogP contribution in [0.3, 0.4) is 0 Å². The monoisotopic (exact) mass is 276 g/mol. The zero-order chi connectivity index (χ0) is 14.3. The van der Waals surface area contributed by atoms with E-state index in [-0.39, 0.29) is 18.1 Å². The van der Waals surface area contributed by atoms with Crippen molar-refractivity contribution < 1.29 is 14.7 Å². The third kappa shape index (κ3) is 5.16. The van der Waals surface area contributed by atoms with E-state index in [0.29, 0.717) is 0 Å². The van der Waals surface area contributed by atoms with E-state index in [2.05, 4.69) is 5.32 Å². The first-order valence-corrected chi connectivity index (χ1v) is 7.49. The molecule has 3 unspecified atom stereocenters. The summed E-state index contributed by atoms with van der Waals surface area (Å²) in [4.78, 5) is 24.4. The maximum absolute atomic E-state index is 12.0. The first-order valence-electron chi connectivity index (χ1n) is 6.10. The van der Waals surface area contributed by atoms with Crippen LogP contribution in [0.15, 0.2) is 0 Å². The van der Waals surface area contributed by atoms with Gasteiger partial charge in [0.25, 0.3) is 0 Å². The average Bonchev–Trinajstić information content (AvgIpc) is 2.33. The number of amides is 2. The Morgan fingerprint density at radius 2 is 1.94 bits per heavy atom. The third-order valence-electron chi connectivity index (χ3n) is 3.19. The topological polar surface area (TPSA) is 69.6 Å². The van der Waals surface area contributed by atoms with Crippen LogP contribution in [0.2, 0.25) is 0 Å². The van der Waals surface area contributed by atoms with E-state index in [9.17, 15) is 9.59 Å². The summed E-state index contributed by atoms with van der Waals surface area (Å²) in [6.45, 7) is 5.33. The largest absolute Gasteiger partial charge is 0.481 e. The van der Waals surface area contributed by atoms with Gasteiger partial charge in [0.15, 0.2) is 0 Å². The summed E-state index contributed by atoms with van der Waals surface area (Å²) in [6, 6.07) is -0.423. The predicted molar refractivity (Wildman–Crippen MR) is 75.0 cm³/mol. The van der Waals surface area contributed by atoms with Gasteiger partial charge >= 0.3 is 12.0 Å². The second-order valence-electron chi connectivity index (χ2n) is 4.49. The molecule has 0 aromatic rings. The highest BCUT2D eigenvalue weighted by molar-refractivity contribution is 7.98. The van der Waals surface area contributed by atoms with Crippen LogP contribution in [0.5, 0.6) is 0 Å². The highest BCUT2D eigenvalue weighted by Crippen LogP contribution is 2.09. The van der Waals surface area contributed by atoms with E-state index in [1.807, 2.05) is 13.2 Å². The first kappa shape index (κ1) is 17.1. The van der Waals surface area contributed by atoms with Crippen LogP contribution in [0.4, 0.5) is 4.79 Å². The minimum Gasteiger partial charge on any atom is -0.481 e. The lowest BCUT2D eigenvalue weighted by Crippen LogP contribution is -2.49. The lowest BCUT2D eigenvalue weighted by molar-refractivity contribution is -0.141. The lowest BCUT2D eigenvalue weighted by atomic mass is 10.0. The number of urea groups is 1. The van der Waals surface area contributed by atoms with Gasteiger partial charge in [-0.1, -0.05) is 6.92 Å². The van der Waals surface area contributed by atoms with Gasteiger partial charge < -0.3 is 15.3 Å². The number of hydrogen-bond donors (Lipinski definition) is 2. The van der Waals surface area contributed by atoms with Gasteiger partial charge in [-0.05, 0) is 26.5 Å². The van der Waals surface area contributed by atoms with Crippen molar-refractivity contribution in [1.82, 2.24) is 10.2 Å². The Balaban J connectivity index is 4.42. The molecule has 0 aliphatic rings. The number of carbonyl (C=O) groups is 2. The van der Waals surface area contributed by atoms with Crippen molar-refractivity contribution in [3.05, 3.63) is 0 Å². The normalized spacial score (nSPS) is 15.6. The van der Waals surface area contributed by atoms with Crippen molar-refractivity contribution in [2.75, 3.05) is 19.1 Å². The number of carboxylic acids is 1. The molecule has 0 aliphatic carbocycles. The molecule has 5 nitrogen and oxygen atoms in total. The van der Waals surface area contributed by atoms with Crippen LogP contribution >= 0.6 is 11.8 Å². The Hall–Kier alpha value is -0.910. The minimum absolute atomic E-state index is 0.173. The molecule has 0 saturated heterocycles. The molecule has 0 aliphatic heterocycles. The Labute approximate surface area is 113 Å². The van der Waals surface area contributed by atoms with Crippen molar-refractivity contribution in [2.45, 2.75) is 39.3 Å². The number of rotatable bonds is 7. The molecule has 0 fully saturated rings. The summed E-state index contributed by atoms with van der Waals surface area (Å²) in [6.07, 6.45) is 2.89. The van der Waals surface area contributed by atoms with E-state index in [1.54, 1.807) is 37.6 Å². The number of thioether (sulfide) groups is 1. The van der Waals surface area contributed by atoms with Gasteiger partial charge in [-0.3, -0.25) is 4.79 Å². The van der Waals surface area contributed by atoms with Crippen molar-refractivity contribution in [1.29, 1.82) is 0 Å². The predicted octanol–water partition coefficient (Wildman–Crippen LogP) is 1.88. The van der Waals surface area contributed by atoms with Crippen molar-refractivity contribution >= 4 is 23.8 Å². The fourth-order valence-corrected chi connectivity index (χ4v) is 2.34. The molecule has 3 atom stereocenters. The van der Waals surface area contributed by atoms with Gasteiger partial charge in [-0.25, -0.2) is 4.79 Å². The zero-order valence-corrected chi connectivity index (χ0v) is 12.6. The summed E-state index contributed by atoms with van der Waals surface area (Å²) in [5.41, 5.74) is 0. The molecule has 2 amide bonds. The fourth-order valence-electron chi connectivity index (χ4n) is 1.50. The zero-order valence-electron chi connectivity index (χ0n) is 11.8. The lowest BCUT2D eigenvalue weighted by Gasteiger charge is -2.29. The molecular weight excluding hydrogens is 252 g/mol. The van der Waals surface area contributed by atoms with Gasteiger partial charge in [0.05, 0.1) is 5.92 Å². The van der Waals surface area contributed by atoms with Gasteiger partial charge in [0.2, 0.25) is 0 Å². The molecule has 0 rings (SSSR count). The van der Waals surface area contributed by atoms with Gasteiger partial charge in [0.1, 0.15) is 0 Å². The van der Waals surface area contributed by atoms with Crippen LogP contribution in [-0.2, 0) is 4.79 Å². The van der Waals surface area contributed by atoms with Crippen LogP contribution in [0, 0.1) is 5.92 Å². The molecule has 18 heavy (non-hydrogen) atoms. The van der Waals surface area contributed by atoms with Crippen LogP contribution < -0.4 is 5.32 Å². The first-order chi connectivity index (χ1) is 8.34. The van der Waals surface area contributed by atoms with Crippen molar-refractivity contribution in [3.8, 4) is 0 Å². The maximum atomic E-state index is 12.0. The van der Waals surface area contributed by atoms with Gasteiger partial charge in [-0.15, -0.1) is 0 Å². The standard InChI is InChI=1S/C12H24N2O3S/c1-6-10(7-18-5)14(4)12(17)13-9(3)8(2)11(15)16/h8-10H,6-7H2,1-5H3,(H,13,17)(H,15,16). The molecule has 0 spiro atoms. The smallest absolute Gasteiger partial charge is 0.317 e. The SMILES string of the molecule is CCC(CSC)N(C)C(=O)NC(C)C(C)C(=O)O. The molecule has 0 aromatic heterocycles. The van der Waals surface area contributed by atoms with E-state index in [0.717, 1.165) is 12.2 Å². The molecule has 0 bridgehead atoms. The van der Waals surface area contributed by atoms with E-state index >= 15 is 0 Å². The third-order valence-corrected chi connectivity index (χ3v) is 3.91. The molecule has 6 heteroatoms. The van der Waals surface area contributed by atoms with E-state index < -0.39 is 11.9 Å². The Kier molecular flexibility index (Phi) is 7.82. The maximum Gasteiger partial charge on any atom is 0.317 e. The number of aliphatic carboxylic acids is 1. The summed E-state index contributed by atoms with van der Waals surface area (Å²) in [5.74, 6) is -0.617. The molecule has 2 N–H and O–H groups in total. The minimum atomic E-state index is -0.901. The molecular formula is C12H24N2O3S. The Bertz CT molecular complexity index is 286. The quantitative estimate of drug-likeness (QED) is 0.745. The van der Waals surface area contributed by atoms with Crippen molar-refractivity contribution in [2.24, 2.45) is 5.92 Å². The fraction of sp³-hybridized carbons (Fsp3) is 0.833. The number of carboxylic acid groups (broad SMARTS) is 1. The molecule has 0 saturated carbocycles. The molecule has 106 valence electrons. The van der Waals surface area contributed by atoms with Crippen LogP contribution in [0.1, 0.15) is 27.2 Å². The van der Waals surface area contributed by atoms with Crippen LogP contribution in [-0.4, -0.2) is 53.1 Å². The Morgan fingerprint density at radius 3 is 2.33 bits per heavy atom. The van der Waals surface area contributed by atoms with Gasteiger partial charge in [0, 0.05) is 24.9 Å². The summed E-state index contributed by atoms with van der Waals surface area (Å²) in [5, 5.41) is 11.6. The summed E-state index contributed by atoms with van der Waals surface area (Å²) in [7, 11) is 1.75. The van der Waals surface area contributed by atoms with E-state index in [1.165, 1.54) is 0 Å². The second kappa shape index (κ2) is 8.24. The van der Waals surface area contributed by atoms with Crippen LogP contribution in [0.25, 0.3) is 0 Å². The number of nitrogens with zero attached hydrogens (tertiary/aromatic N) is 1. The highest BCUT2D eigenvalue weighted by Gasteiger charge is 2.24. The molecule has 0 heterocycles. The highest BCUT2D eigenvalue weighted by atomic mass is 32.2. The number of hydrogen-bond acceptors (Lipinski definition) is 3. The summed E-state index contributed by atoms with van der Waals surface area (Å²) >= 11 is 1.69. The van der Waals surface area contributed by atoms with Gasteiger partial charge in [-0.2, -0.15) is 11.8 Å².